The van der Waals surface area contributed by atoms with Crippen molar-refractivity contribution < 1.29 is 19.7 Å². The Balaban J connectivity index is 4.48. The molecule has 0 spiro atoms. The first kappa shape index (κ1) is 20.8. The molecule has 0 aliphatic carbocycles. The summed E-state index contributed by atoms with van der Waals surface area (Å²) in [6.07, 6.45) is 1.69. The van der Waals surface area contributed by atoms with Crippen LogP contribution in [0.1, 0.15) is 67.7 Å². The lowest BCUT2D eigenvalue weighted by Gasteiger charge is -2.33. The molecular weight excluding hydrogens is 268 g/mol. The Hall–Kier alpha value is -0.160. The van der Waals surface area contributed by atoms with Gasteiger partial charge in [0.25, 0.3) is 0 Å². The van der Waals surface area contributed by atoms with Crippen molar-refractivity contribution in [1.29, 1.82) is 0 Å². The Bertz CT molecular complexity index is 268. The molecule has 4 heteroatoms. The Labute approximate surface area is 130 Å². The smallest absolute Gasteiger partial charge is 0.181 e. The van der Waals surface area contributed by atoms with Crippen molar-refractivity contribution in [2.45, 2.75) is 85.7 Å². The topological polar surface area (TPSA) is 58.9 Å². The fourth-order valence-electron chi connectivity index (χ4n) is 2.21. The molecule has 21 heavy (non-hydrogen) atoms. The van der Waals surface area contributed by atoms with Gasteiger partial charge < -0.3 is 19.7 Å². The first-order valence-electron chi connectivity index (χ1n) is 8.04. The minimum absolute atomic E-state index is 0.0561. The van der Waals surface area contributed by atoms with Gasteiger partial charge in [-0.2, -0.15) is 0 Å². The molecule has 0 aromatic heterocycles. The molecule has 0 radical (unpaired) electrons. The standard InChI is InChI=1S/C17H36O4/c1-13(2)8-9-17(6,7)21-15(12-19)20-14(11-18)10-16(3,4)5/h13-15,18-19H,8-12H2,1-7H3. The summed E-state index contributed by atoms with van der Waals surface area (Å²) in [6.45, 7) is 14.4. The Morgan fingerprint density at radius 2 is 1.52 bits per heavy atom. The third kappa shape index (κ3) is 11.1. The van der Waals surface area contributed by atoms with E-state index in [0.29, 0.717) is 5.92 Å². The third-order valence-electron chi connectivity index (χ3n) is 3.31. The zero-order chi connectivity index (χ0) is 16.7. The summed E-state index contributed by atoms with van der Waals surface area (Å²) in [5.41, 5.74) is -0.292. The molecule has 0 rings (SSSR count). The highest BCUT2D eigenvalue weighted by Gasteiger charge is 2.27. The average molecular weight is 304 g/mol. The van der Waals surface area contributed by atoms with Gasteiger partial charge in [0.15, 0.2) is 6.29 Å². The van der Waals surface area contributed by atoms with Crippen LogP contribution in [0.2, 0.25) is 0 Å². The lowest BCUT2D eigenvalue weighted by molar-refractivity contribution is -0.242. The fraction of sp³-hybridized carbons (Fsp3) is 1.00. The lowest BCUT2D eigenvalue weighted by atomic mass is 9.89. The van der Waals surface area contributed by atoms with Crippen molar-refractivity contribution in [3.8, 4) is 0 Å². The Kier molecular flexibility index (Phi) is 9.02. The second kappa shape index (κ2) is 9.09. The Morgan fingerprint density at radius 1 is 0.952 bits per heavy atom. The molecule has 0 aromatic rings. The zero-order valence-electron chi connectivity index (χ0n) is 15.0. The van der Waals surface area contributed by atoms with Crippen molar-refractivity contribution in [2.75, 3.05) is 13.2 Å². The summed E-state index contributed by atoms with van der Waals surface area (Å²) in [5, 5.41) is 18.9. The summed E-state index contributed by atoms with van der Waals surface area (Å²) in [6, 6.07) is 0. The van der Waals surface area contributed by atoms with E-state index in [4.69, 9.17) is 9.47 Å². The monoisotopic (exact) mass is 304 g/mol. The van der Waals surface area contributed by atoms with E-state index in [9.17, 15) is 10.2 Å². The van der Waals surface area contributed by atoms with E-state index in [0.717, 1.165) is 19.3 Å². The van der Waals surface area contributed by atoms with Crippen molar-refractivity contribution in [3.05, 3.63) is 0 Å². The first-order valence-corrected chi connectivity index (χ1v) is 8.04. The van der Waals surface area contributed by atoms with Crippen LogP contribution in [0.4, 0.5) is 0 Å². The van der Waals surface area contributed by atoms with Gasteiger partial charge in [-0.25, -0.2) is 0 Å². The minimum Gasteiger partial charge on any atom is -0.394 e. The van der Waals surface area contributed by atoms with Crippen LogP contribution < -0.4 is 0 Å². The van der Waals surface area contributed by atoms with Gasteiger partial charge in [0.05, 0.1) is 24.9 Å². The number of ether oxygens (including phenoxy) is 2. The van der Waals surface area contributed by atoms with Gasteiger partial charge in [-0.3, -0.25) is 0 Å². The van der Waals surface area contributed by atoms with Crippen molar-refractivity contribution in [2.24, 2.45) is 11.3 Å². The number of rotatable bonds is 10. The Morgan fingerprint density at radius 3 is 1.90 bits per heavy atom. The van der Waals surface area contributed by atoms with Gasteiger partial charge in [-0.1, -0.05) is 34.6 Å². The summed E-state index contributed by atoms with van der Waals surface area (Å²) in [5.74, 6) is 0.618. The SMILES string of the molecule is CC(C)CCC(C)(C)OC(CO)OC(CO)CC(C)(C)C. The molecule has 0 bridgehead atoms. The van der Waals surface area contributed by atoms with E-state index in [-0.39, 0.29) is 30.3 Å². The number of hydrogen-bond donors (Lipinski definition) is 2. The van der Waals surface area contributed by atoms with Gasteiger partial charge >= 0.3 is 0 Å². The molecule has 128 valence electrons. The van der Waals surface area contributed by atoms with Crippen LogP contribution in [0.25, 0.3) is 0 Å². The molecule has 2 N–H and O–H groups in total. The van der Waals surface area contributed by atoms with E-state index in [1.54, 1.807) is 0 Å². The predicted molar refractivity (Wildman–Crippen MR) is 86.1 cm³/mol. The fourth-order valence-corrected chi connectivity index (χ4v) is 2.21. The van der Waals surface area contributed by atoms with E-state index < -0.39 is 6.29 Å². The molecule has 0 aliphatic heterocycles. The largest absolute Gasteiger partial charge is 0.394 e. The molecule has 4 nitrogen and oxygen atoms in total. The average Bonchev–Trinajstić information content (AvgIpc) is 2.32. The molecular formula is C17H36O4. The van der Waals surface area contributed by atoms with Crippen LogP contribution in [0.5, 0.6) is 0 Å². The summed E-state index contributed by atoms with van der Waals surface area (Å²) in [7, 11) is 0. The summed E-state index contributed by atoms with van der Waals surface area (Å²) in [4.78, 5) is 0. The highest BCUT2D eigenvalue weighted by Crippen LogP contribution is 2.26. The molecule has 0 aliphatic rings. The maximum absolute atomic E-state index is 9.48. The normalized spacial score (nSPS) is 16.3. The first-order chi connectivity index (χ1) is 9.49. The van der Waals surface area contributed by atoms with Crippen LogP contribution >= 0.6 is 0 Å². The van der Waals surface area contributed by atoms with Gasteiger partial charge in [0, 0.05) is 0 Å². The summed E-state index contributed by atoms with van der Waals surface area (Å²) < 4.78 is 11.6. The van der Waals surface area contributed by atoms with Crippen LogP contribution in [0, 0.1) is 11.3 Å². The molecule has 0 heterocycles. The van der Waals surface area contributed by atoms with Crippen LogP contribution in [-0.4, -0.2) is 41.4 Å². The van der Waals surface area contributed by atoms with Gasteiger partial charge in [0.2, 0.25) is 0 Å². The van der Waals surface area contributed by atoms with Gasteiger partial charge in [0.1, 0.15) is 0 Å². The number of aliphatic hydroxyl groups is 2. The van der Waals surface area contributed by atoms with E-state index in [1.807, 2.05) is 13.8 Å². The van der Waals surface area contributed by atoms with Crippen molar-refractivity contribution >= 4 is 0 Å². The molecule has 0 saturated heterocycles. The van der Waals surface area contributed by atoms with E-state index in [2.05, 4.69) is 34.6 Å². The second-order valence-corrected chi connectivity index (χ2v) is 8.13. The maximum Gasteiger partial charge on any atom is 0.181 e. The summed E-state index contributed by atoms with van der Waals surface area (Å²) >= 11 is 0. The zero-order valence-corrected chi connectivity index (χ0v) is 15.0. The third-order valence-corrected chi connectivity index (χ3v) is 3.31. The number of aliphatic hydroxyl groups excluding tert-OH is 2. The van der Waals surface area contributed by atoms with Crippen LogP contribution in [-0.2, 0) is 9.47 Å². The van der Waals surface area contributed by atoms with Crippen molar-refractivity contribution in [1.82, 2.24) is 0 Å². The van der Waals surface area contributed by atoms with Crippen molar-refractivity contribution in [3.63, 3.8) is 0 Å². The molecule has 2 atom stereocenters. The van der Waals surface area contributed by atoms with E-state index in [1.165, 1.54) is 0 Å². The van der Waals surface area contributed by atoms with Gasteiger partial charge in [-0.05, 0) is 44.4 Å². The molecule has 2 unspecified atom stereocenters. The molecule has 0 fully saturated rings. The lowest BCUT2D eigenvalue weighted by Crippen LogP contribution is -2.38. The van der Waals surface area contributed by atoms with Crippen LogP contribution in [0.15, 0.2) is 0 Å². The highest BCUT2D eigenvalue weighted by atomic mass is 16.7. The second-order valence-electron chi connectivity index (χ2n) is 8.13. The highest BCUT2D eigenvalue weighted by molar-refractivity contribution is 4.73. The van der Waals surface area contributed by atoms with Crippen LogP contribution in [0.3, 0.4) is 0 Å². The maximum atomic E-state index is 9.48. The quantitative estimate of drug-likeness (QED) is 0.608. The molecule has 0 amide bonds. The predicted octanol–water partition coefficient (Wildman–Crippen LogP) is 3.35. The molecule has 0 aromatic carbocycles. The number of hydrogen-bond acceptors (Lipinski definition) is 4. The van der Waals surface area contributed by atoms with E-state index >= 15 is 0 Å². The minimum atomic E-state index is -0.688. The molecule has 0 saturated carbocycles. The van der Waals surface area contributed by atoms with Gasteiger partial charge in [-0.15, -0.1) is 0 Å².